The highest BCUT2D eigenvalue weighted by Crippen LogP contribution is 2.20. The number of rotatable bonds is 3. The number of aromatic nitrogens is 1. The molecular weight excluding hydrogens is 172 g/mol. The van der Waals surface area contributed by atoms with Crippen LogP contribution in [0.2, 0.25) is 0 Å². The Labute approximate surface area is 83.6 Å². The molecule has 0 spiro atoms. The molecule has 1 heterocycles. The third kappa shape index (κ3) is 1.34. The number of benzene rings is 1. The molecule has 2 aromatic rings. The van der Waals surface area contributed by atoms with Crippen LogP contribution in [-0.2, 0) is 13.1 Å². The van der Waals surface area contributed by atoms with Gasteiger partial charge >= 0.3 is 0 Å². The minimum Gasteiger partial charge on any atom is -0.343 e. The summed E-state index contributed by atoms with van der Waals surface area (Å²) in [6.07, 6.45) is 4.00. The van der Waals surface area contributed by atoms with Gasteiger partial charge in [-0.2, -0.15) is 0 Å². The Hall–Kier alpha value is -1.54. The molecule has 1 aromatic carbocycles. The monoisotopic (exact) mass is 186 g/mol. The van der Waals surface area contributed by atoms with Crippen LogP contribution < -0.4 is 5.73 Å². The van der Waals surface area contributed by atoms with Crippen molar-refractivity contribution in [1.82, 2.24) is 4.57 Å². The van der Waals surface area contributed by atoms with Crippen molar-refractivity contribution >= 4 is 10.9 Å². The van der Waals surface area contributed by atoms with Gasteiger partial charge in [0.1, 0.15) is 0 Å². The van der Waals surface area contributed by atoms with E-state index in [0.717, 1.165) is 6.54 Å². The molecule has 1 aromatic heterocycles. The molecule has 0 aliphatic carbocycles. The van der Waals surface area contributed by atoms with Crippen LogP contribution in [0.15, 0.2) is 43.1 Å². The van der Waals surface area contributed by atoms with E-state index in [1.807, 2.05) is 18.2 Å². The van der Waals surface area contributed by atoms with Crippen LogP contribution in [0.3, 0.4) is 0 Å². The fourth-order valence-corrected chi connectivity index (χ4v) is 1.78. The molecule has 14 heavy (non-hydrogen) atoms. The lowest BCUT2D eigenvalue weighted by molar-refractivity contribution is 0.856. The van der Waals surface area contributed by atoms with Crippen molar-refractivity contribution in [3.63, 3.8) is 0 Å². The molecule has 0 unspecified atom stereocenters. The number of fused-ring (bicyclic) bond motifs is 1. The smallest absolute Gasteiger partial charge is 0.0486 e. The summed E-state index contributed by atoms with van der Waals surface area (Å²) in [7, 11) is 0. The zero-order chi connectivity index (χ0) is 9.97. The van der Waals surface area contributed by atoms with Crippen molar-refractivity contribution in [1.29, 1.82) is 0 Å². The Morgan fingerprint density at radius 3 is 2.86 bits per heavy atom. The molecule has 0 radical (unpaired) electrons. The zero-order valence-electron chi connectivity index (χ0n) is 8.11. The van der Waals surface area contributed by atoms with E-state index in [2.05, 4.69) is 29.5 Å². The first kappa shape index (κ1) is 9.03. The third-order valence-corrected chi connectivity index (χ3v) is 2.42. The molecule has 72 valence electrons. The van der Waals surface area contributed by atoms with Crippen molar-refractivity contribution in [2.45, 2.75) is 13.1 Å². The van der Waals surface area contributed by atoms with Crippen LogP contribution in [0.5, 0.6) is 0 Å². The van der Waals surface area contributed by atoms with E-state index >= 15 is 0 Å². The number of hydrogen-bond acceptors (Lipinski definition) is 1. The van der Waals surface area contributed by atoms with Gasteiger partial charge in [0.25, 0.3) is 0 Å². The molecule has 0 bridgehead atoms. The summed E-state index contributed by atoms with van der Waals surface area (Å²) in [5.74, 6) is 0. The molecule has 0 aliphatic heterocycles. The van der Waals surface area contributed by atoms with Crippen LogP contribution in [0.25, 0.3) is 10.9 Å². The SMILES string of the molecule is C=CCn1cc(CN)c2ccccc21. The van der Waals surface area contributed by atoms with Gasteiger partial charge in [0, 0.05) is 30.2 Å². The zero-order valence-corrected chi connectivity index (χ0v) is 8.11. The average Bonchev–Trinajstić information content (AvgIpc) is 2.58. The standard InChI is InChI=1S/C12H14N2/c1-2-7-14-9-10(8-13)11-5-3-4-6-12(11)14/h2-6,9H,1,7-8,13H2. The Morgan fingerprint density at radius 1 is 1.36 bits per heavy atom. The van der Waals surface area contributed by atoms with Gasteiger partial charge < -0.3 is 10.3 Å². The van der Waals surface area contributed by atoms with Crippen LogP contribution in [0.1, 0.15) is 5.56 Å². The van der Waals surface area contributed by atoms with E-state index in [0.29, 0.717) is 6.54 Å². The number of nitrogens with zero attached hydrogens (tertiary/aromatic N) is 1. The van der Waals surface area contributed by atoms with Crippen molar-refractivity contribution in [3.8, 4) is 0 Å². The van der Waals surface area contributed by atoms with Gasteiger partial charge in [-0.15, -0.1) is 6.58 Å². The van der Waals surface area contributed by atoms with Crippen molar-refractivity contribution in [3.05, 3.63) is 48.7 Å². The lowest BCUT2D eigenvalue weighted by atomic mass is 10.2. The number of para-hydroxylation sites is 1. The molecule has 0 atom stereocenters. The summed E-state index contributed by atoms with van der Waals surface area (Å²) in [6, 6.07) is 8.30. The van der Waals surface area contributed by atoms with E-state index in [9.17, 15) is 0 Å². The molecule has 0 amide bonds. The van der Waals surface area contributed by atoms with Gasteiger partial charge in [-0.1, -0.05) is 24.3 Å². The highest BCUT2D eigenvalue weighted by molar-refractivity contribution is 5.83. The molecule has 2 nitrogen and oxygen atoms in total. The maximum Gasteiger partial charge on any atom is 0.0486 e. The predicted molar refractivity (Wildman–Crippen MR) is 60.0 cm³/mol. The summed E-state index contributed by atoms with van der Waals surface area (Å²) < 4.78 is 2.17. The summed E-state index contributed by atoms with van der Waals surface area (Å²) in [4.78, 5) is 0. The third-order valence-electron chi connectivity index (χ3n) is 2.42. The Balaban J connectivity index is 2.66. The van der Waals surface area contributed by atoms with Crippen LogP contribution in [-0.4, -0.2) is 4.57 Å². The minimum absolute atomic E-state index is 0.588. The normalized spacial score (nSPS) is 10.6. The van der Waals surface area contributed by atoms with Crippen molar-refractivity contribution in [2.24, 2.45) is 5.73 Å². The second-order valence-corrected chi connectivity index (χ2v) is 3.32. The molecular formula is C12H14N2. The maximum atomic E-state index is 5.69. The van der Waals surface area contributed by atoms with Crippen molar-refractivity contribution < 1.29 is 0 Å². The topological polar surface area (TPSA) is 30.9 Å². The van der Waals surface area contributed by atoms with E-state index in [-0.39, 0.29) is 0 Å². The summed E-state index contributed by atoms with van der Waals surface area (Å²) in [5.41, 5.74) is 8.11. The average molecular weight is 186 g/mol. The minimum atomic E-state index is 0.588. The summed E-state index contributed by atoms with van der Waals surface area (Å²) in [6.45, 7) is 5.17. The van der Waals surface area contributed by atoms with Gasteiger partial charge in [-0.25, -0.2) is 0 Å². The largest absolute Gasteiger partial charge is 0.343 e. The lowest BCUT2D eigenvalue weighted by Gasteiger charge is -1.99. The first-order chi connectivity index (χ1) is 6.86. The summed E-state index contributed by atoms with van der Waals surface area (Å²) >= 11 is 0. The van der Waals surface area contributed by atoms with E-state index in [4.69, 9.17) is 5.73 Å². The van der Waals surface area contributed by atoms with Gasteiger partial charge in [0.05, 0.1) is 0 Å². The predicted octanol–water partition coefficient (Wildman–Crippen LogP) is 2.29. The van der Waals surface area contributed by atoms with Gasteiger partial charge in [-0.05, 0) is 11.6 Å². The maximum absolute atomic E-state index is 5.69. The fourth-order valence-electron chi connectivity index (χ4n) is 1.78. The second-order valence-electron chi connectivity index (χ2n) is 3.32. The Morgan fingerprint density at radius 2 is 2.14 bits per heavy atom. The molecule has 0 saturated heterocycles. The number of nitrogens with two attached hydrogens (primary N) is 1. The molecule has 0 aliphatic rings. The first-order valence-corrected chi connectivity index (χ1v) is 4.74. The number of hydrogen-bond donors (Lipinski definition) is 1. The quantitative estimate of drug-likeness (QED) is 0.732. The first-order valence-electron chi connectivity index (χ1n) is 4.74. The molecule has 2 N–H and O–H groups in total. The van der Waals surface area contributed by atoms with Crippen LogP contribution in [0, 0.1) is 0 Å². The van der Waals surface area contributed by atoms with Crippen LogP contribution >= 0.6 is 0 Å². The van der Waals surface area contributed by atoms with Gasteiger partial charge in [0.15, 0.2) is 0 Å². The fraction of sp³-hybridized carbons (Fsp3) is 0.167. The highest BCUT2D eigenvalue weighted by Gasteiger charge is 2.04. The molecule has 0 saturated carbocycles. The van der Waals surface area contributed by atoms with Crippen molar-refractivity contribution in [2.75, 3.05) is 0 Å². The van der Waals surface area contributed by atoms with Gasteiger partial charge in [-0.3, -0.25) is 0 Å². The Bertz CT molecular complexity index is 454. The lowest BCUT2D eigenvalue weighted by Crippen LogP contribution is -1.95. The highest BCUT2D eigenvalue weighted by atomic mass is 15.0. The second kappa shape index (κ2) is 3.68. The van der Waals surface area contributed by atoms with Crippen LogP contribution in [0.4, 0.5) is 0 Å². The molecule has 2 rings (SSSR count). The Kier molecular flexibility index (Phi) is 2.37. The van der Waals surface area contributed by atoms with E-state index < -0.39 is 0 Å². The van der Waals surface area contributed by atoms with Gasteiger partial charge in [0.2, 0.25) is 0 Å². The van der Waals surface area contributed by atoms with E-state index in [1.165, 1.54) is 16.5 Å². The number of allylic oxidation sites excluding steroid dienone is 1. The molecule has 2 heteroatoms. The molecule has 0 fully saturated rings. The van der Waals surface area contributed by atoms with E-state index in [1.54, 1.807) is 0 Å². The summed E-state index contributed by atoms with van der Waals surface area (Å²) in [5, 5.41) is 1.25.